The van der Waals surface area contributed by atoms with E-state index in [0.717, 1.165) is 53.4 Å². The molecule has 1 aliphatic rings. The molecular formula is C20H23N3OS. The number of amides is 1. The molecule has 3 aromatic rings. The molecule has 1 saturated heterocycles. The number of hydrogen-bond acceptors (Lipinski definition) is 3. The second-order valence-corrected chi connectivity index (χ2v) is 7.87. The van der Waals surface area contributed by atoms with Crippen LogP contribution < -0.4 is 0 Å². The lowest BCUT2D eigenvalue weighted by atomic mass is 10.1. The summed E-state index contributed by atoms with van der Waals surface area (Å²) in [5.41, 5.74) is 3.70. The van der Waals surface area contributed by atoms with Gasteiger partial charge >= 0.3 is 0 Å². The summed E-state index contributed by atoms with van der Waals surface area (Å²) in [6.45, 7) is 6.05. The van der Waals surface area contributed by atoms with Crippen LogP contribution in [-0.4, -0.2) is 33.3 Å². The van der Waals surface area contributed by atoms with Crippen LogP contribution in [0.2, 0.25) is 0 Å². The minimum absolute atomic E-state index is 0.147. The Bertz CT molecular complexity index is 903. The zero-order valence-electron chi connectivity index (χ0n) is 14.7. The minimum Gasteiger partial charge on any atom is -0.339 e. The molecule has 25 heavy (non-hydrogen) atoms. The van der Waals surface area contributed by atoms with E-state index < -0.39 is 0 Å². The number of pyridine rings is 1. The monoisotopic (exact) mass is 353 g/mol. The van der Waals surface area contributed by atoms with E-state index in [9.17, 15) is 4.79 Å². The van der Waals surface area contributed by atoms with Crippen LogP contribution in [0.1, 0.15) is 54.4 Å². The van der Waals surface area contributed by atoms with Crippen LogP contribution in [0.3, 0.4) is 0 Å². The Balaban J connectivity index is 1.79. The zero-order chi connectivity index (χ0) is 17.4. The third kappa shape index (κ3) is 2.97. The van der Waals surface area contributed by atoms with Crippen LogP contribution in [0, 0.1) is 0 Å². The van der Waals surface area contributed by atoms with Crippen molar-refractivity contribution in [2.24, 2.45) is 0 Å². The number of rotatable bonds is 3. The molecule has 0 aromatic carbocycles. The standard InChI is InChI=1S/C20H23N3OS/c1-14(2)19-21-16(13-25-19)18-12-15(17-8-4-7-11-23(17)18)20(24)22-9-5-3-6-10-22/h4,7-8,11-14H,3,5-6,9-10H2,1-2H3. The molecule has 0 spiro atoms. The first-order chi connectivity index (χ1) is 12.1. The lowest BCUT2D eigenvalue weighted by Gasteiger charge is -2.26. The number of hydrogen-bond donors (Lipinski definition) is 0. The third-order valence-corrected chi connectivity index (χ3v) is 5.97. The van der Waals surface area contributed by atoms with E-state index in [1.165, 1.54) is 6.42 Å². The van der Waals surface area contributed by atoms with Crippen LogP contribution in [0.5, 0.6) is 0 Å². The molecule has 1 amide bonds. The van der Waals surface area contributed by atoms with E-state index in [1.54, 1.807) is 11.3 Å². The van der Waals surface area contributed by atoms with Gasteiger partial charge in [0.25, 0.3) is 5.91 Å². The van der Waals surface area contributed by atoms with Gasteiger partial charge in [-0.25, -0.2) is 4.98 Å². The van der Waals surface area contributed by atoms with Crippen LogP contribution >= 0.6 is 11.3 Å². The van der Waals surface area contributed by atoms with Gasteiger partial charge in [0.05, 0.1) is 27.5 Å². The van der Waals surface area contributed by atoms with Crippen molar-refractivity contribution < 1.29 is 4.79 Å². The van der Waals surface area contributed by atoms with Crippen molar-refractivity contribution in [2.75, 3.05) is 13.1 Å². The number of piperidine rings is 1. The van der Waals surface area contributed by atoms with E-state index in [0.29, 0.717) is 5.92 Å². The topological polar surface area (TPSA) is 37.6 Å². The van der Waals surface area contributed by atoms with Crippen molar-refractivity contribution in [3.8, 4) is 11.4 Å². The summed E-state index contributed by atoms with van der Waals surface area (Å²) in [6.07, 6.45) is 5.46. The van der Waals surface area contributed by atoms with Gasteiger partial charge in [0.1, 0.15) is 0 Å². The highest BCUT2D eigenvalue weighted by Crippen LogP contribution is 2.30. The lowest BCUT2D eigenvalue weighted by molar-refractivity contribution is 0.0726. The predicted octanol–water partition coefficient (Wildman–Crippen LogP) is 4.81. The van der Waals surface area contributed by atoms with Gasteiger partial charge in [-0.3, -0.25) is 4.79 Å². The van der Waals surface area contributed by atoms with Gasteiger partial charge in [-0.1, -0.05) is 19.9 Å². The fourth-order valence-electron chi connectivity index (χ4n) is 3.46. The number of aromatic nitrogens is 2. The van der Waals surface area contributed by atoms with Crippen molar-refractivity contribution in [3.63, 3.8) is 0 Å². The molecule has 1 aliphatic heterocycles. The summed E-state index contributed by atoms with van der Waals surface area (Å²) < 4.78 is 2.09. The van der Waals surface area contributed by atoms with Crippen molar-refractivity contribution >= 4 is 22.8 Å². The molecule has 0 bridgehead atoms. The van der Waals surface area contributed by atoms with Gasteiger partial charge < -0.3 is 9.30 Å². The van der Waals surface area contributed by atoms with Gasteiger partial charge in [0.2, 0.25) is 0 Å². The van der Waals surface area contributed by atoms with Gasteiger partial charge in [0, 0.05) is 30.6 Å². The number of fused-ring (bicyclic) bond motifs is 1. The van der Waals surface area contributed by atoms with Crippen molar-refractivity contribution in [2.45, 2.75) is 39.0 Å². The quantitative estimate of drug-likeness (QED) is 0.677. The van der Waals surface area contributed by atoms with Crippen molar-refractivity contribution in [1.82, 2.24) is 14.3 Å². The van der Waals surface area contributed by atoms with Gasteiger partial charge in [-0.15, -0.1) is 11.3 Å². The highest BCUT2D eigenvalue weighted by atomic mass is 32.1. The summed E-state index contributed by atoms with van der Waals surface area (Å²) >= 11 is 1.69. The number of carbonyl (C=O) groups is 1. The van der Waals surface area contributed by atoms with Gasteiger partial charge in [-0.05, 0) is 37.5 Å². The number of nitrogens with zero attached hydrogens (tertiary/aromatic N) is 3. The van der Waals surface area contributed by atoms with Gasteiger partial charge in [0.15, 0.2) is 0 Å². The summed E-state index contributed by atoms with van der Waals surface area (Å²) in [5, 5.41) is 3.23. The van der Waals surface area contributed by atoms with Crippen molar-refractivity contribution in [3.05, 3.63) is 46.4 Å². The minimum atomic E-state index is 0.147. The van der Waals surface area contributed by atoms with Crippen LogP contribution in [0.15, 0.2) is 35.8 Å². The average Bonchev–Trinajstić information content (AvgIpc) is 3.27. The predicted molar refractivity (Wildman–Crippen MR) is 102 cm³/mol. The Morgan fingerprint density at radius 2 is 2.00 bits per heavy atom. The van der Waals surface area contributed by atoms with Crippen molar-refractivity contribution in [1.29, 1.82) is 0 Å². The smallest absolute Gasteiger partial charge is 0.256 e. The highest BCUT2D eigenvalue weighted by Gasteiger charge is 2.23. The Morgan fingerprint density at radius 3 is 2.72 bits per heavy atom. The Labute approximate surface area is 152 Å². The molecule has 4 heterocycles. The summed E-state index contributed by atoms with van der Waals surface area (Å²) in [6, 6.07) is 8.04. The molecule has 0 atom stereocenters. The first-order valence-corrected chi connectivity index (χ1v) is 9.88. The number of carbonyl (C=O) groups excluding carboxylic acids is 1. The molecule has 0 aliphatic carbocycles. The Hall–Kier alpha value is -2.14. The Morgan fingerprint density at radius 1 is 1.20 bits per heavy atom. The third-order valence-electron chi connectivity index (χ3n) is 4.83. The molecular weight excluding hydrogens is 330 g/mol. The highest BCUT2D eigenvalue weighted by molar-refractivity contribution is 7.10. The van der Waals surface area contributed by atoms with E-state index >= 15 is 0 Å². The fourth-order valence-corrected chi connectivity index (χ4v) is 4.29. The molecule has 1 fully saturated rings. The summed E-state index contributed by atoms with van der Waals surface area (Å²) in [4.78, 5) is 19.9. The second kappa shape index (κ2) is 6.64. The van der Waals surface area contributed by atoms with E-state index in [1.807, 2.05) is 35.4 Å². The SMILES string of the molecule is CC(C)c1nc(-c2cc(C(=O)N3CCCCC3)c3ccccn23)cs1. The maximum absolute atomic E-state index is 13.1. The second-order valence-electron chi connectivity index (χ2n) is 6.98. The molecule has 0 N–H and O–H groups in total. The molecule has 4 rings (SSSR count). The number of thiazole rings is 1. The van der Waals surface area contributed by atoms with Gasteiger partial charge in [-0.2, -0.15) is 0 Å². The van der Waals surface area contributed by atoms with E-state index in [2.05, 4.69) is 23.6 Å². The first-order valence-electron chi connectivity index (χ1n) is 9.00. The largest absolute Gasteiger partial charge is 0.339 e. The first kappa shape index (κ1) is 16.3. The maximum Gasteiger partial charge on any atom is 0.256 e. The molecule has 5 heteroatoms. The zero-order valence-corrected chi connectivity index (χ0v) is 15.6. The molecule has 0 unspecified atom stereocenters. The molecule has 0 radical (unpaired) electrons. The number of likely N-dealkylation sites (tertiary alicyclic amines) is 1. The lowest BCUT2D eigenvalue weighted by Crippen LogP contribution is -2.35. The molecule has 130 valence electrons. The molecule has 0 saturated carbocycles. The average molecular weight is 353 g/mol. The molecule has 4 nitrogen and oxygen atoms in total. The van der Waals surface area contributed by atoms with Crippen LogP contribution in [0.4, 0.5) is 0 Å². The van der Waals surface area contributed by atoms with E-state index in [4.69, 9.17) is 4.98 Å². The van der Waals surface area contributed by atoms with E-state index in [-0.39, 0.29) is 5.91 Å². The summed E-state index contributed by atoms with van der Waals surface area (Å²) in [5.74, 6) is 0.563. The summed E-state index contributed by atoms with van der Waals surface area (Å²) in [7, 11) is 0. The fraction of sp³-hybridized carbons (Fsp3) is 0.400. The van der Waals surface area contributed by atoms with Crippen LogP contribution in [0.25, 0.3) is 16.9 Å². The molecule has 3 aromatic heterocycles. The normalized spacial score (nSPS) is 15.2. The maximum atomic E-state index is 13.1. The Kier molecular flexibility index (Phi) is 4.34. The van der Waals surface area contributed by atoms with Crippen LogP contribution in [-0.2, 0) is 0 Å².